The summed E-state index contributed by atoms with van der Waals surface area (Å²) in [6.07, 6.45) is 1.73. The van der Waals surface area contributed by atoms with E-state index >= 15 is 0 Å². The fourth-order valence-corrected chi connectivity index (χ4v) is 2.40. The number of aryl methyl sites for hydroxylation is 1. The number of ether oxygens (including phenoxy) is 1. The van der Waals surface area contributed by atoms with Crippen molar-refractivity contribution in [2.45, 2.75) is 19.8 Å². The van der Waals surface area contributed by atoms with Crippen LogP contribution < -0.4 is 4.90 Å². The Morgan fingerprint density at radius 2 is 2.37 bits per heavy atom. The SMILES string of the molecule is COC(=O)C1CCCN(c2nc(C)ccc2C#N)C1. The molecule has 0 N–H and O–H groups in total. The van der Waals surface area contributed by atoms with Gasteiger partial charge in [-0.25, -0.2) is 4.98 Å². The largest absolute Gasteiger partial charge is 0.469 e. The highest BCUT2D eigenvalue weighted by atomic mass is 16.5. The van der Waals surface area contributed by atoms with Crippen LogP contribution in [0.4, 0.5) is 5.82 Å². The van der Waals surface area contributed by atoms with E-state index in [1.807, 2.05) is 17.9 Å². The molecule has 0 bridgehead atoms. The molecule has 19 heavy (non-hydrogen) atoms. The predicted molar refractivity (Wildman–Crippen MR) is 70.6 cm³/mol. The van der Waals surface area contributed by atoms with Crippen molar-refractivity contribution in [1.29, 1.82) is 5.26 Å². The van der Waals surface area contributed by atoms with Crippen LogP contribution in [0.25, 0.3) is 0 Å². The number of nitrogens with zero attached hydrogens (tertiary/aromatic N) is 3. The quantitative estimate of drug-likeness (QED) is 0.755. The zero-order valence-corrected chi connectivity index (χ0v) is 11.2. The second-order valence-corrected chi connectivity index (χ2v) is 4.74. The van der Waals surface area contributed by atoms with Crippen LogP contribution in [-0.2, 0) is 9.53 Å². The van der Waals surface area contributed by atoms with Crippen LogP contribution in [0.15, 0.2) is 12.1 Å². The molecule has 0 aliphatic carbocycles. The zero-order chi connectivity index (χ0) is 13.8. The number of esters is 1. The summed E-state index contributed by atoms with van der Waals surface area (Å²) < 4.78 is 4.80. The summed E-state index contributed by atoms with van der Waals surface area (Å²) in [4.78, 5) is 18.1. The number of nitriles is 1. The molecular weight excluding hydrogens is 242 g/mol. The van der Waals surface area contributed by atoms with Crippen LogP contribution in [0.5, 0.6) is 0 Å². The normalized spacial score (nSPS) is 18.8. The highest BCUT2D eigenvalue weighted by Crippen LogP contribution is 2.25. The number of pyridine rings is 1. The van der Waals surface area contributed by atoms with Gasteiger partial charge in [0.25, 0.3) is 0 Å². The third kappa shape index (κ3) is 2.84. The minimum Gasteiger partial charge on any atom is -0.469 e. The third-order valence-electron chi connectivity index (χ3n) is 3.39. The molecule has 5 heteroatoms. The summed E-state index contributed by atoms with van der Waals surface area (Å²) in [5.41, 5.74) is 1.42. The highest BCUT2D eigenvalue weighted by molar-refractivity contribution is 5.73. The molecule has 1 aliphatic rings. The molecule has 0 radical (unpaired) electrons. The average molecular weight is 259 g/mol. The summed E-state index contributed by atoms with van der Waals surface area (Å²) in [5.74, 6) is 0.361. The van der Waals surface area contributed by atoms with Crippen molar-refractivity contribution in [2.24, 2.45) is 5.92 Å². The Bertz CT molecular complexity index is 522. The van der Waals surface area contributed by atoms with Gasteiger partial charge in [0.05, 0.1) is 18.6 Å². The van der Waals surface area contributed by atoms with Crippen LogP contribution in [-0.4, -0.2) is 31.2 Å². The van der Waals surface area contributed by atoms with E-state index in [1.165, 1.54) is 7.11 Å². The molecule has 2 heterocycles. The number of anilines is 1. The number of rotatable bonds is 2. The first-order valence-corrected chi connectivity index (χ1v) is 6.36. The molecule has 0 amide bonds. The second-order valence-electron chi connectivity index (χ2n) is 4.74. The maximum atomic E-state index is 11.6. The molecule has 5 nitrogen and oxygen atoms in total. The van der Waals surface area contributed by atoms with Gasteiger partial charge in [0, 0.05) is 18.8 Å². The predicted octanol–water partition coefficient (Wildman–Crippen LogP) is 1.65. The molecule has 0 aromatic carbocycles. The first kappa shape index (κ1) is 13.3. The Labute approximate surface area is 112 Å². The van der Waals surface area contributed by atoms with Gasteiger partial charge in [-0.2, -0.15) is 5.26 Å². The fraction of sp³-hybridized carbons (Fsp3) is 0.500. The van der Waals surface area contributed by atoms with Crippen LogP contribution in [0, 0.1) is 24.2 Å². The van der Waals surface area contributed by atoms with Crippen molar-refractivity contribution in [3.63, 3.8) is 0 Å². The molecular formula is C14H17N3O2. The Morgan fingerprint density at radius 1 is 1.58 bits per heavy atom. The molecule has 0 saturated carbocycles. The van der Waals surface area contributed by atoms with Gasteiger partial charge in [-0.15, -0.1) is 0 Å². The average Bonchev–Trinajstić information content (AvgIpc) is 2.46. The zero-order valence-electron chi connectivity index (χ0n) is 11.2. The maximum absolute atomic E-state index is 11.6. The standard InChI is InChI=1S/C14H17N3O2/c1-10-5-6-11(8-15)13(16-10)17-7-3-4-12(9-17)14(18)19-2/h5-6,12H,3-4,7,9H2,1-2H3. The summed E-state index contributed by atoms with van der Waals surface area (Å²) >= 11 is 0. The van der Waals surface area contributed by atoms with Crippen LogP contribution >= 0.6 is 0 Å². The molecule has 100 valence electrons. The third-order valence-corrected chi connectivity index (χ3v) is 3.39. The first-order valence-electron chi connectivity index (χ1n) is 6.36. The van der Waals surface area contributed by atoms with E-state index in [0.29, 0.717) is 17.9 Å². The molecule has 1 aromatic heterocycles. The van der Waals surface area contributed by atoms with E-state index < -0.39 is 0 Å². The Hall–Kier alpha value is -2.09. The van der Waals surface area contributed by atoms with E-state index in [9.17, 15) is 4.79 Å². The minimum atomic E-state index is -0.184. The molecule has 1 aliphatic heterocycles. The van der Waals surface area contributed by atoms with Gasteiger partial charge in [0.15, 0.2) is 0 Å². The lowest BCUT2D eigenvalue weighted by molar-refractivity contribution is -0.145. The smallest absolute Gasteiger partial charge is 0.310 e. The van der Waals surface area contributed by atoms with Crippen molar-refractivity contribution in [3.05, 3.63) is 23.4 Å². The van der Waals surface area contributed by atoms with Crippen molar-refractivity contribution in [2.75, 3.05) is 25.1 Å². The molecule has 1 saturated heterocycles. The Kier molecular flexibility index (Phi) is 4.00. The molecule has 0 spiro atoms. The monoisotopic (exact) mass is 259 g/mol. The van der Waals surface area contributed by atoms with Gasteiger partial charge in [-0.3, -0.25) is 4.79 Å². The highest BCUT2D eigenvalue weighted by Gasteiger charge is 2.28. The number of carbonyl (C=O) groups is 1. The molecule has 2 rings (SSSR count). The van der Waals surface area contributed by atoms with E-state index in [4.69, 9.17) is 10.00 Å². The van der Waals surface area contributed by atoms with Gasteiger partial charge in [-0.1, -0.05) is 0 Å². The topological polar surface area (TPSA) is 66.2 Å². The lowest BCUT2D eigenvalue weighted by atomic mass is 9.98. The number of carbonyl (C=O) groups excluding carboxylic acids is 1. The van der Waals surface area contributed by atoms with Gasteiger partial charge in [-0.05, 0) is 31.9 Å². The fourth-order valence-electron chi connectivity index (χ4n) is 2.40. The van der Waals surface area contributed by atoms with E-state index in [1.54, 1.807) is 6.07 Å². The van der Waals surface area contributed by atoms with Crippen molar-refractivity contribution >= 4 is 11.8 Å². The minimum absolute atomic E-state index is 0.132. The van der Waals surface area contributed by atoms with Crippen LogP contribution in [0.1, 0.15) is 24.1 Å². The molecule has 1 unspecified atom stereocenters. The summed E-state index contributed by atoms with van der Waals surface area (Å²) in [7, 11) is 1.41. The summed E-state index contributed by atoms with van der Waals surface area (Å²) in [5, 5.41) is 9.15. The van der Waals surface area contributed by atoms with Crippen molar-refractivity contribution in [3.8, 4) is 6.07 Å². The van der Waals surface area contributed by atoms with E-state index in [-0.39, 0.29) is 11.9 Å². The lowest BCUT2D eigenvalue weighted by Gasteiger charge is -2.32. The Morgan fingerprint density at radius 3 is 3.05 bits per heavy atom. The van der Waals surface area contributed by atoms with Gasteiger partial charge < -0.3 is 9.64 Å². The van der Waals surface area contributed by atoms with Crippen LogP contribution in [0.3, 0.4) is 0 Å². The number of hydrogen-bond acceptors (Lipinski definition) is 5. The molecule has 1 atom stereocenters. The van der Waals surface area contributed by atoms with Crippen LogP contribution in [0.2, 0.25) is 0 Å². The van der Waals surface area contributed by atoms with Gasteiger partial charge in [0.2, 0.25) is 0 Å². The summed E-state index contributed by atoms with van der Waals surface area (Å²) in [6, 6.07) is 5.76. The number of aromatic nitrogens is 1. The van der Waals surface area contributed by atoms with Crippen molar-refractivity contribution < 1.29 is 9.53 Å². The van der Waals surface area contributed by atoms with Crippen molar-refractivity contribution in [1.82, 2.24) is 4.98 Å². The van der Waals surface area contributed by atoms with E-state index in [0.717, 1.165) is 25.1 Å². The second kappa shape index (κ2) is 5.70. The molecule has 1 fully saturated rings. The lowest BCUT2D eigenvalue weighted by Crippen LogP contribution is -2.40. The maximum Gasteiger partial charge on any atom is 0.310 e. The Balaban J connectivity index is 2.24. The summed E-state index contributed by atoms with van der Waals surface area (Å²) in [6.45, 7) is 3.28. The van der Waals surface area contributed by atoms with Gasteiger partial charge in [0.1, 0.15) is 11.9 Å². The van der Waals surface area contributed by atoms with Gasteiger partial charge >= 0.3 is 5.97 Å². The number of piperidine rings is 1. The number of methoxy groups -OCH3 is 1. The van der Waals surface area contributed by atoms with E-state index in [2.05, 4.69) is 11.1 Å². The number of hydrogen-bond donors (Lipinski definition) is 0. The molecule has 1 aromatic rings. The first-order chi connectivity index (χ1) is 9.15.